The first kappa shape index (κ1) is 51.4. The second-order valence-corrected chi connectivity index (χ2v) is 21.6. The minimum absolute atomic E-state index is 0.831. The Hall–Kier alpha value is -10.8. The third-order valence-electron chi connectivity index (χ3n) is 16.4. The van der Waals surface area contributed by atoms with Crippen LogP contribution in [0.1, 0.15) is 11.1 Å². The van der Waals surface area contributed by atoms with Gasteiger partial charge in [0.25, 0.3) is 0 Å². The van der Waals surface area contributed by atoms with Crippen LogP contribution in [0.3, 0.4) is 0 Å². The Morgan fingerprint density at radius 2 is 0.369 bits per heavy atom. The van der Waals surface area contributed by atoms with E-state index in [1.807, 2.05) is 0 Å². The molecule has 0 fully saturated rings. The van der Waals surface area contributed by atoms with Gasteiger partial charge in [0.2, 0.25) is 0 Å². The molecule has 0 unspecified atom stereocenters. The van der Waals surface area contributed by atoms with Crippen molar-refractivity contribution in [1.29, 1.82) is 0 Å². The predicted octanol–water partition coefficient (Wildman–Crippen LogP) is 22.3. The molecule has 0 amide bonds. The zero-order valence-electron chi connectivity index (χ0n) is 46.9. The molecule has 0 saturated heterocycles. The lowest BCUT2D eigenvalue weighted by molar-refractivity contribution is 1.26. The van der Waals surface area contributed by atoms with Gasteiger partial charge in [0.15, 0.2) is 0 Å². The molecule has 0 bridgehead atoms. The second-order valence-electron chi connectivity index (χ2n) is 21.6. The van der Waals surface area contributed by atoms with Gasteiger partial charge in [-0.2, -0.15) is 0 Å². The third-order valence-corrected chi connectivity index (χ3v) is 16.4. The highest BCUT2D eigenvalue weighted by Gasteiger charge is 2.26. The molecule has 0 aliphatic rings. The summed E-state index contributed by atoms with van der Waals surface area (Å²) in [6, 6.07) is 114. The van der Waals surface area contributed by atoms with Gasteiger partial charge in [0, 0.05) is 11.1 Å². The summed E-state index contributed by atoms with van der Waals surface area (Å²) in [4.78, 5) is 11.1. The van der Waals surface area contributed by atoms with Crippen LogP contribution in [0, 0.1) is 13.8 Å². The molecule has 0 aliphatic carbocycles. The van der Waals surface area contributed by atoms with Crippen LogP contribution < -0.4 is 0 Å². The van der Waals surface area contributed by atoms with E-state index in [1.165, 1.54) is 66.8 Å². The van der Waals surface area contributed by atoms with Crippen LogP contribution in [0.15, 0.2) is 315 Å². The Morgan fingerprint density at radius 3 is 0.607 bits per heavy atom. The third kappa shape index (κ3) is 9.80. The topological polar surface area (TPSA) is 25.8 Å². The van der Waals surface area contributed by atoms with Crippen LogP contribution in [-0.4, -0.2) is 9.97 Å². The average Bonchev–Trinajstić information content (AvgIpc) is 2.63. The molecule has 1 heterocycles. The summed E-state index contributed by atoms with van der Waals surface area (Å²) in [5, 5.41) is 0. The van der Waals surface area contributed by atoms with Crippen LogP contribution in [-0.2, 0) is 0 Å². The molecule has 0 N–H and O–H groups in total. The molecule has 2 heteroatoms. The maximum atomic E-state index is 5.54. The molecule has 396 valence electrons. The van der Waals surface area contributed by atoms with Crippen molar-refractivity contribution in [2.75, 3.05) is 0 Å². The van der Waals surface area contributed by atoms with Gasteiger partial charge in [-0.1, -0.05) is 291 Å². The summed E-state index contributed by atoms with van der Waals surface area (Å²) < 4.78 is 0. The van der Waals surface area contributed by atoms with E-state index in [0.29, 0.717) is 0 Å². The quantitative estimate of drug-likeness (QED) is 0.122. The van der Waals surface area contributed by atoms with Gasteiger partial charge in [-0.25, -0.2) is 9.97 Å². The van der Waals surface area contributed by atoms with Crippen molar-refractivity contribution in [2.45, 2.75) is 13.8 Å². The second kappa shape index (κ2) is 22.6. The van der Waals surface area contributed by atoms with Crippen molar-refractivity contribution in [1.82, 2.24) is 9.97 Å². The lowest BCUT2D eigenvalue weighted by Crippen LogP contribution is -1.99. The van der Waals surface area contributed by atoms with Gasteiger partial charge in [-0.3, -0.25) is 0 Å². The van der Waals surface area contributed by atoms with Crippen LogP contribution >= 0.6 is 0 Å². The molecule has 2 nitrogen and oxygen atoms in total. The SMILES string of the molecule is Cc1cc2nc(-c3ccc(-c4cc(-c5ccccc5)c(-c5ccccc5)c(-c5ccccc5)c4-c4ccccc4)cc3)c(-c3ccc(-c4cc(-c5ccccc5)c(-c5ccccc5)c(-c5ccccc5)c4-c4ccccc4)cc3)nc2cc1C. The molecule has 0 atom stereocenters. The summed E-state index contributed by atoms with van der Waals surface area (Å²) in [6.45, 7) is 4.31. The van der Waals surface area contributed by atoms with Crippen molar-refractivity contribution in [3.63, 3.8) is 0 Å². The van der Waals surface area contributed by atoms with E-state index in [1.54, 1.807) is 0 Å². The van der Waals surface area contributed by atoms with Crippen molar-refractivity contribution in [3.8, 4) is 134 Å². The Balaban J connectivity index is 0.959. The van der Waals surface area contributed by atoms with Crippen LogP contribution in [0.2, 0.25) is 0 Å². The highest BCUT2D eigenvalue weighted by Crippen LogP contribution is 2.53. The van der Waals surface area contributed by atoms with Gasteiger partial charge in [-0.15, -0.1) is 0 Å². The van der Waals surface area contributed by atoms with Gasteiger partial charge in [0.05, 0.1) is 22.4 Å². The minimum atomic E-state index is 0.831. The zero-order chi connectivity index (χ0) is 56.3. The first-order chi connectivity index (χ1) is 41.5. The molecule has 0 aliphatic heterocycles. The Morgan fingerprint density at radius 1 is 0.179 bits per heavy atom. The summed E-state index contributed by atoms with van der Waals surface area (Å²) in [6.07, 6.45) is 0. The zero-order valence-corrected chi connectivity index (χ0v) is 46.9. The van der Waals surface area contributed by atoms with E-state index in [9.17, 15) is 0 Å². The standard InChI is InChI=1S/C82H58N2/c1-55-51-73-74(52-56(55)2)84-82(68-49-45-60(46-50-68)72-54-70(58-29-13-4-14-30-58)76(62-33-17-6-18-34-62)80(66-41-25-10-26-42-66)78(72)64-37-21-8-22-38-64)81(83-73)67-47-43-59(44-48-67)71-53-69(57-27-11-3-12-28-57)75(61-31-15-5-16-32-61)79(65-39-23-9-24-40-65)77(71)63-35-19-7-20-36-63/h3-54H,1-2H3. The van der Waals surface area contributed by atoms with Gasteiger partial charge in [-0.05, 0) is 161 Å². The molecule has 14 aromatic rings. The lowest BCUT2D eigenvalue weighted by atomic mass is 9.78. The molecular formula is C82H58N2. The summed E-state index contributed by atoms with van der Waals surface area (Å²) >= 11 is 0. The molecule has 84 heavy (non-hydrogen) atoms. The molecule has 0 saturated carbocycles. The van der Waals surface area contributed by atoms with Gasteiger partial charge in [0.1, 0.15) is 0 Å². The first-order valence-electron chi connectivity index (χ1n) is 28.9. The Bertz CT molecular complexity index is 4320. The maximum absolute atomic E-state index is 5.54. The summed E-state index contributed by atoms with van der Waals surface area (Å²) in [7, 11) is 0. The van der Waals surface area contributed by atoms with Crippen molar-refractivity contribution in [3.05, 3.63) is 327 Å². The molecule has 0 spiro atoms. The predicted molar refractivity (Wildman–Crippen MR) is 354 cm³/mol. The molecular weight excluding hydrogens is 1010 g/mol. The van der Waals surface area contributed by atoms with E-state index < -0.39 is 0 Å². The highest BCUT2D eigenvalue weighted by atomic mass is 14.8. The van der Waals surface area contributed by atoms with Crippen LogP contribution in [0.4, 0.5) is 0 Å². The average molecular weight is 1070 g/mol. The van der Waals surface area contributed by atoms with Crippen LogP contribution in [0.25, 0.3) is 145 Å². The minimum Gasteiger partial charge on any atom is -0.244 e. The van der Waals surface area contributed by atoms with E-state index in [2.05, 4.69) is 329 Å². The van der Waals surface area contributed by atoms with E-state index in [4.69, 9.17) is 9.97 Å². The number of hydrogen-bond donors (Lipinski definition) is 0. The summed E-state index contributed by atoms with van der Waals surface area (Å²) in [5.74, 6) is 0. The molecule has 1 aromatic heterocycles. The number of fused-ring (bicyclic) bond motifs is 1. The van der Waals surface area contributed by atoms with Crippen molar-refractivity contribution in [2.24, 2.45) is 0 Å². The summed E-state index contributed by atoms with van der Waals surface area (Å²) in [5.41, 5.74) is 31.0. The number of hydrogen-bond acceptors (Lipinski definition) is 2. The maximum Gasteiger partial charge on any atom is 0.0973 e. The fourth-order valence-corrected chi connectivity index (χ4v) is 12.2. The van der Waals surface area contributed by atoms with E-state index >= 15 is 0 Å². The largest absolute Gasteiger partial charge is 0.244 e. The van der Waals surface area contributed by atoms with Gasteiger partial charge >= 0.3 is 0 Å². The molecule has 0 radical (unpaired) electrons. The van der Waals surface area contributed by atoms with E-state index in [-0.39, 0.29) is 0 Å². The van der Waals surface area contributed by atoms with E-state index in [0.717, 1.165) is 89.2 Å². The van der Waals surface area contributed by atoms with Crippen molar-refractivity contribution < 1.29 is 0 Å². The molecule has 13 aromatic carbocycles. The molecule has 14 rings (SSSR count). The smallest absolute Gasteiger partial charge is 0.0973 e. The fourth-order valence-electron chi connectivity index (χ4n) is 12.2. The number of aryl methyl sites for hydroxylation is 2. The van der Waals surface area contributed by atoms with Crippen LogP contribution in [0.5, 0.6) is 0 Å². The lowest BCUT2D eigenvalue weighted by Gasteiger charge is -2.24. The number of rotatable bonds is 12. The highest BCUT2D eigenvalue weighted by molar-refractivity contribution is 6.09. The fraction of sp³-hybridized carbons (Fsp3) is 0.0244. The Labute approximate surface area is 492 Å². The Kier molecular flexibility index (Phi) is 13.8. The number of aromatic nitrogens is 2. The number of nitrogens with zero attached hydrogens (tertiary/aromatic N) is 2. The van der Waals surface area contributed by atoms with Crippen molar-refractivity contribution >= 4 is 11.0 Å². The number of benzene rings is 13. The normalized spacial score (nSPS) is 11.2. The van der Waals surface area contributed by atoms with Gasteiger partial charge < -0.3 is 0 Å². The first-order valence-corrected chi connectivity index (χ1v) is 28.9. The monoisotopic (exact) mass is 1070 g/mol.